The summed E-state index contributed by atoms with van der Waals surface area (Å²) < 4.78 is 27.1. The second-order valence-electron chi connectivity index (χ2n) is 7.48. The normalized spacial score (nSPS) is 21.6. The van der Waals surface area contributed by atoms with Gasteiger partial charge in [-0.05, 0) is 38.0 Å². The van der Waals surface area contributed by atoms with Gasteiger partial charge in [-0.3, -0.25) is 4.79 Å². The minimum absolute atomic E-state index is 0.126. The van der Waals surface area contributed by atoms with Gasteiger partial charge in [0.2, 0.25) is 10.0 Å². The minimum Gasteiger partial charge on any atom is -0.338 e. The molecule has 2 fully saturated rings. The van der Waals surface area contributed by atoms with E-state index in [1.54, 1.807) is 18.2 Å². The molecule has 0 spiro atoms. The Kier molecular flexibility index (Phi) is 6.78. The molecule has 2 heterocycles. The molecule has 0 aromatic heterocycles. The Morgan fingerprint density at radius 2 is 1.70 bits per heavy atom. The van der Waals surface area contributed by atoms with E-state index in [0.717, 1.165) is 25.9 Å². The van der Waals surface area contributed by atoms with Crippen molar-refractivity contribution in [1.82, 2.24) is 9.21 Å². The van der Waals surface area contributed by atoms with Gasteiger partial charge in [0.15, 0.2) is 6.04 Å². The van der Waals surface area contributed by atoms with Crippen molar-refractivity contribution < 1.29 is 18.1 Å². The van der Waals surface area contributed by atoms with Gasteiger partial charge in [0.25, 0.3) is 5.91 Å². The fourth-order valence-electron chi connectivity index (χ4n) is 3.96. The van der Waals surface area contributed by atoms with Gasteiger partial charge in [-0.25, -0.2) is 8.42 Å². The second kappa shape index (κ2) is 8.90. The molecule has 8 heteroatoms. The topological polar surface area (TPSA) is 62.1 Å². The molecule has 150 valence electrons. The number of piperazine rings is 1. The van der Waals surface area contributed by atoms with Crippen LogP contribution in [0, 0.1) is 0 Å². The molecule has 1 aromatic rings. The predicted octanol–water partition coefficient (Wildman–Crippen LogP) is 1.02. The van der Waals surface area contributed by atoms with Crippen LogP contribution in [0.5, 0.6) is 0 Å². The average Bonchev–Trinajstić information content (AvgIpc) is 2.96. The first-order valence-corrected chi connectivity index (χ1v) is 11.6. The van der Waals surface area contributed by atoms with Gasteiger partial charge in [0, 0.05) is 18.1 Å². The Labute approximate surface area is 167 Å². The summed E-state index contributed by atoms with van der Waals surface area (Å²) in [5, 5.41) is 0.414. The first-order valence-electron chi connectivity index (χ1n) is 9.78. The van der Waals surface area contributed by atoms with Crippen LogP contribution in [0.25, 0.3) is 0 Å². The summed E-state index contributed by atoms with van der Waals surface area (Å²) in [6, 6.07) is 6.25. The third-order valence-corrected chi connectivity index (χ3v) is 7.83. The lowest BCUT2D eigenvalue weighted by Gasteiger charge is -2.35. The van der Waals surface area contributed by atoms with Gasteiger partial charge in [0.05, 0.1) is 31.1 Å². The number of halogens is 1. The van der Waals surface area contributed by atoms with Crippen LogP contribution >= 0.6 is 11.6 Å². The number of hydrogen-bond donors (Lipinski definition) is 1. The third-order valence-electron chi connectivity index (χ3n) is 5.70. The van der Waals surface area contributed by atoms with Crippen LogP contribution in [0.1, 0.15) is 32.6 Å². The van der Waals surface area contributed by atoms with Crippen molar-refractivity contribution in [1.29, 1.82) is 0 Å². The summed E-state index contributed by atoms with van der Waals surface area (Å²) in [6.07, 6.45) is 4.56. The number of quaternary nitrogens is 1. The quantitative estimate of drug-likeness (QED) is 0.800. The standard InChI is InChI=1S/C19H28ClN3O3S/c1-16(19(24)22-9-4-2-3-5-10-22)21-11-13-23(14-12-21)27(25,26)18-8-6-7-17(20)15-18/h6-8,15-16H,2-5,9-14H2,1H3/p+1/t16-/m1/s1. The van der Waals surface area contributed by atoms with Crippen LogP contribution in [0.15, 0.2) is 29.2 Å². The number of sulfonamides is 1. The Morgan fingerprint density at radius 3 is 2.30 bits per heavy atom. The van der Waals surface area contributed by atoms with Crippen LogP contribution < -0.4 is 4.90 Å². The van der Waals surface area contributed by atoms with Gasteiger partial charge in [0.1, 0.15) is 0 Å². The van der Waals surface area contributed by atoms with Crippen molar-refractivity contribution in [2.45, 2.75) is 43.5 Å². The largest absolute Gasteiger partial charge is 0.338 e. The zero-order valence-electron chi connectivity index (χ0n) is 15.9. The van der Waals surface area contributed by atoms with Crippen molar-refractivity contribution >= 4 is 27.5 Å². The summed E-state index contributed by atoms with van der Waals surface area (Å²) >= 11 is 5.95. The Hall–Kier alpha value is -1.15. The first kappa shape index (κ1) is 20.6. The van der Waals surface area contributed by atoms with Crippen LogP contribution in [0.2, 0.25) is 5.02 Å². The molecule has 1 amide bonds. The van der Waals surface area contributed by atoms with Crippen LogP contribution in [0.3, 0.4) is 0 Å². The van der Waals surface area contributed by atoms with Crippen LogP contribution in [-0.4, -0.2) is 68.8 Å². The SMILES string of the molecule is C[C@H](C(=O)N1CCCCCC1)[NH+]1CCN(S(=O)(=O)c2cccc(Cl)c2)CC1. The maximum atomic E-state index is 12.8. The monoisotopic (exact) mass is 414 g/mol. The molecule has 1 N–H and O–H groups in total. The maximum absolute atomic E-state index is 12.8. The number of likely N-dealkylation sites (tertiary alicyclic amines) is 1. The van der Waals surface area contributed by atoms with E-state index in [1.165, 1.54) is 28.1 Å². The molecule has 2 aliphatic rings. The molecule has 0 radical (unpaired) electrons. The highest BCUT2D eigenvalue weighted by Crippen LogP contribution is 2.19. The van der Waals surface area contributed by atoms with Crippen molar-refractivity contribution in [3.05, 3.63) is 29.3 Å². The number of rotatable bonds is 4. The summed E-state index contributed by atoms with van der Waals surface area (Å²) in [5.41, 5.74) is 0. The van der Waals surface area contributed by atoms with Crippen molar-refractivity contribution in [2.24, 2.45) is 0 Å². The van der Waals surface area contributed by atoms with Crippen molar-refractivity contribution in [3.63, 3.8) is 0 Å². The number of benzene rings is 1. The predicted molar refractivity (Wildman–Crippen MR) is 105 cm³/mol. The van der Waals surface area contributed by atoms with Gasteiger partial charge >= 0.3 is 0 Å². The van der Waals surface area contributed by atoms with E-state index in [9.17, 15) is 13.2 Å². The minimum atomic E-state index is -3.54. The molecule has 0 bridgehead atoms. The molecule has 1 atom stereocenters. The lowest BCUT2D eigenvalue weighted by molar-refractivity contribution is -0.918. The van der Waals surface area contributed by atoms with E-state index >= 15 is 0 Å². The fourth-order valence-corrected chi connectivity index (χ4v) is 5.71. The summed E-state index contributed by atoms with van der Waals surface area (Å²) in [5.74, 6) is 0.207. The van der Waals surface area contributed by atoms with E-state index < -0.39 is 10.0 Å². The maximum Gasteiger partial charge on any atom is 0.280 e. The van der Waals surface area contributed by atoms with Gasteiger partial charge in [-0.15, -0.1) is 0 Å². The molecule has 2 saturated heterocycles. The molecule has 2 aliphatic heterocycles. The lowest BCUT2D eigenvalue weighted by Crippen LogP contribution is -3.19. The molecule has 6 nitrogen and oxygen atoms in total. The van der Waals surface area contributed by atoms with Gasteiger partial charge in [-0.1, -0.05) is 30.5 Å². The summed E-state index contributed by atoms with van der Waals surface area (Å²) in [4.78, 5) is 16.2. The highest BCUT2D eigenvalue weighted by Gasteiger charge is 2.36. The lowest BCUT2D eigenvalue weighted by atomic mass is 10.2. The molecule has 0 aliphatic carbocycles. The van der Waals surface area contributed by atoms with E-state index in [-0.39, 0.29) is 16.8 Å². The number of nitrogens with one attached hydrogen (secondary N) is 1. The number of carbonyl (C=O) groups is 1. The molecular weight excluding hydrogens is 386 g/mol. The Balaban J connectivity index is 1.60. The van der Waals surface area contributed by atoms with Crippen molar-refractivity contribution in [3.8, 4) is 0 Å². The molecule has 0 unspecified atom stereocenters. The molecule has 1 aromatic carbocycles. The first-order chi connectivity index (χ1) is 12.9. The highest BCUT2D eigenvalue weighted by molar-refractivity contribution is 7.89. The molecular formula is C19H29ClN3O3S+. The van der Waals surface area contributed by atoms with Gasteiger partial charge < -0.3 is 9.80 Å². The zero-order valence-corrected chi connectivity index (χ0v) is 17.4. The van der Waals surface area contributed by atoms with E-state index in [2.05, 4.69) is 0 Å². The van der Waals surface area contributed by atoms with E-state index in [4.69, 9.17) is 11.6 Å². The molecule has 27 heavy (non-hydrogen) atoms. The smallest absolute Gasteiger partial charge is 0.280 e. The van der Waals surface area contributed by atoms with E-state index in [1.807, 2.05) is 11.8 Å². The van der Waals surface area contributed by atoms with Gasteiger partial charge in [-0.2, -0.15) is 4.31 Å². The van der Waals surface area contributed by atoms with Crippen LogP contribution in [-0.2, 0) is 14.8 Å². The summed E-state index contributed by atoms with van der Waals surface area (Å²) in [7, 11) is -3.54. The number of hydrogen-bond acceptors (Lipinski definition) is 3. The Bertz CT molecular complexity index is 755. The number of amides is 1. The number of carbonyl (C=O) groups excluding carboxylic acids is 1. The molecule has 0 saturated carbocycles. The third kappa shape index (κ3) is 4.83. The van der Waals surface area contributed by atoms with E-state index in [0.29, 0.717) is 31.2 Å². The van der Waals surface area contributed by atoms with Crippen LogP contribution in [0.4, 0.5) is 0 Å². The second-order valence-corrected chi connectivity index (χ2v) is 9.86. The number of nitrogens with zero attached hydrogens (tertiary/aromatic N) is 2. The Morgan fingerprint density at radius 1 is 1.07 bits per heavy atom. The average molecular weight is 415 g/mol. The van der Waals surface area contributed by atoms with Crippen molar-refractivity contribution in [2.75, 3.05) is 39.3 Å². The highest BCUT2D eigenvalue weighted by atomic mass is 35.5. The fraction of sp³-hybridized carbons (Fsp3) is 0.632. The summed E-state index contributed by atoms with van der Waals surface area (Å²) in [6.45, 7) is 5.80. The zero-order chi connectivity index (χ0) is 19.4. The molecule has 3 rings (SSSR count).